The molecule has 0 fully saturated rings. The van der Waals surface area contributed by atoms with Gasteiger partial charge in [-0.1, -0.05) is 48.5 Å². The fourth-order valence-electron chi connectivity index (χ4n) is 4.24. The van der Waals surface area contributed by atoms with E-state index < -0.39 is 43.1 Å². The van der Waals surface area contributed by atoms with E-state index in [1.165, 1.54) is 0 Å². The number of carbonyl (C=O) groups is 2. The average Bonchev–Trinajstić information content (AvgIpc) is 3.20. The molecule has 2 aromatic rings. The predicted octanol–water partition coefficient (Wildman–Crippen LogP) is 1.12. The van der Waals surface area contributed by atoms with Gasteiger partial charge in [-0.2, -0.15) is 0 Å². The molecule has 0 heterocycles. The first-order valence-corrected chi connectivity index (χ1v) is 11.8. The minimum Gasteiger partial charge on any atom is -0.449 e. The molecule has 196 valence electrons. The summed E-state index contributed by atoms with van der Waals surface area (Å²) in [7, 11) is 0. The largest absolute Gasteiger partial charge is 0.449 e. The maximum atomic E-state index is 12.4. The SMILES string of the molecule is CC(C)(OCCNC(=O)[C@@H](CO)NC(=O)OCC1c2ccccc2-c2ccccc21)C(CO)OCO. The molecule has 2 amide bonds. The Labute approximate surface area is 210 Å². The Kier molecular flexibility index (Phi) is 9.80. The van der Waals surface area contributed by atoms with Gasteiger partial charge in [-0.3, -0.25) is 4.79 Å². The van der Waals surface area contributed by atoms with Crippen LogP contribution in [0, 0.1) is 0 Å². The number of aliphatic hydroxyl groups excluding tert-OH is 3. The predicted molar refractivity (Wildman–Crippen MR) is 131 cm³/mol. The third-order valence-corrected chi connectivity index (χ3v) is 6.23. The molecule has 0 bridgehead atoms. The third-order valence-electron chi connectivity index (χ3n) is 6.23. The Bertz CT molecular complexity index is 983. The number of nitrogens with one attached hydrogen (secondary N) is 2. The van der Waals surface area contributed by atoms with E-state index in [0.717, 1.165) is 22.3 Å². The van der Waals surface area contributed by atoms with Crippen LogP contribution in [0.3, 0.4) is 0 Å². The molecule has 0 saturated carbocycles. The van der Waals surface area contributed by atoms with Crippen LogP contribution in [-0.4, -0.2) is 84.8 Å². The van der Waals surface area contributed by atoms with Gasteiger partial charge in [0, 0.05) is 12.5 Å². The molecule has 1 unspecified atom stereocenters. The maximum Gasteiger partial charge on any atom is 0.407 e. The Morgan fingerprint density at radius 2 is 1.58 bits per heavy atom. The molecular formula is C26H34N2O8. The Morgan fingerprint density at radius 1 is 0.972 bits per heavy atom. The topological polar surface area (TPSA) is 147 Å². The fraction of sp³-hybridized carbons (Fsp3) is 0.462. The van der Waals surface area contributed by atoms with Crippen LogP contribution in [0.25, 0.3) is 11.1 Å². The summed E-state index contributed by atoms with van der Waals surface area (Å²) in [6, 6.07) is 14.7. The number of benzene rings is 2. The number of amides is 2. The first-order valence-electron chi connectivity index (χ1n) is 11.8. The average molecular weight is 503 g/mol. The van der Waals surface area contributed by atoms with Gasteiger partial charge in [0.15, 0.2) is 0 Å². The second-order valence-corrected chi connectivity index (χ2v) is 8.91. The van der Waals surface area contributed by atoms with Gasteiger partial charge < -0.3 is 40.2 Å². The number of ether oxygens (including phenoxy) is 3. The zero-order chi connectivity index (χ0) is 26.1. The van der Waals surface area contributed by atoms with Crippen molar-refractivity contribution < 1.29 is 39.1 Å². The molecule has 0 aliphatic heterocycles. The molecule has 0 spiro atoms. The zero-order valence-corrected chi connectivity index (χ0v) is 20.5. The van der Waals surface area contributed by atoms with E-state index in [1.807, 2.05) is 48.5 Å². The molecule has 2 aromatic carbocycles. The van der Waals surface area contributed by atoms with Crippen LogP contribution in [0.5, 0.6) is 0 Å². The second-order valence-electron chi connectivity index (χ2n) is 8.91. The lowest BCUT2D eigenvalue weighted by atomic mass is 9.98. The molecule has 10 nitrogen and oxygen atoms in total. The van der Waals surface area contributed by atoms with Crippen molar-refractivity contribution in [2.75, 3.05) is 39.8 Å². The van der Waals surface area contributed by atoms with E-state index in [1.54, 1.807) is 13.8 Å². The van der Waals surface area contributed by atoms with Crippen LogP contribution < -0.4 is 10.6 Å². The molecule has 1 aliphatic carbocycles. The first kappa shape index (κ1) is 27.6. The lowest BCUT2D eigenvalue weighted by Crippen LogP contribution is -2.50. The second kappa shape index (κ2) is 12.8. The van der Waals surface area contributed by atoms with E-state index in [-0.39, 0.29) is 32.3 Å². The lowest BCUT2D eigenvalue weighted by Gasteiger charge is -2.32. The molecule has 36 heavy (non-hydrogen) atoms. The minimum atomic E-state index is -1.20. The molecule has 0 aromatic heterocycles. The van der Waals surface area contributed by atoms with Crippen LogP contribution in [-0.2, 0) is 19.0 Å². The van der Waals surface area contributed by atoms with Crippen LogP contribution >= 0.6 is 0 Å². The summed E-state index contributed by atoms with van der Waals surface area (Å²) in [6.07, 6.45) is -1.56. The van der Waals surface area contributed by atoms with E-state index in [9.17, 15) is 19.8 Å². The lowest BCUT2D eigenvalue weighted by molar-refractivity contribution is -0.169. The maximum absolute atomic E-state index is 12.4. The van der Waals surface area contributed by atoms with Gasteiger partial charge in [-0.05, 0) is 36.1 Å². The highest BCUT2D eigenvalue weighted by Crippen LogP contribution is 2.44. The van der Waals surface area contributed by atoms with Gasteiger partial charge in [0.05, 0.1) is 25.4 Å². The quantitative estimate of drug-likeness (QED) is 0.202. The van der Waals surface area contributed by atoms with Crippen LogP contribution in [0.15, 0.2) is 48.5 Å². The summed E-state index contributed by atoms with van der Waals surface area (Å²) >= 11 is 0. The summed E-state index contributed by atoms with van der Waals surface area (Å²) in [5.41, 5.74) is 3.43. The Morgan fingerprint density at radius 3 is 2.14 bits per heavy atom. The molecule has 10 heteroatoms. The molecule has 3 rings (SSSR count). The minimum absolute atomic E-state index is 0.0765. The number of hydrogen-bond acceptors (Lipinski definition) is 8. The van der Waals surface area contributed by atoms with Crippen molar-refractivity contribution in [3.05, 3.63) is 59.7 Å². The highest BCUT2D eigenvalue weighted by Gasteiger charge is 2.31. The van der Waals surface area contributed by atoms with Crippen molar-refractivity contribution in [2.45, 2.75) is 37.5 Å². The molecule has 5 N–H and O–H groups in total. The van der Waals surface area contributed by atoms with Crippen LogP contribution in [0.4, 0.5) is 4.79 Å². The van der Waals surface area contributed by atoms with Gasteiger partial charge >= 0.3 is 6.09 Å². The summed E-state index contributed by atoms with van der Waals surface area (Å²) < 4.78 is 16.1. The molecular weight excluding hydrogens is 468 g/mol. The summed E-state index contributed by atoms with van der Waals surface area (Å²) in [4.78, 5) is 24.8. The van der Waals surface area contributed by atoms with Crippen LogP contribution in [0.2, 0.25) is 0 Å². The van der Waals surface area contributed by atoms with Crippen molar-refractivity contribution in [2.24, 2.45) is 0 Å². The normalized spacial score (nSPS) is 14.5. The Hall–Kier alpha value is -3.02. The number of alkyl carbamates (subject to hydrolysis) is 1. The van der Waals surface area contributed by atoms with E-state index >= 15 is 0 Å². The van der Waals surface area contributed by atoms with Crippen molar-refractivity contribution in [1.29, 1.82) is 0 Å². The summed E-state index contributed by atoms with van der Waals surface area (Å²) in [5, 5.41) is 32.9. The summed E-state index contributed by atoms with van der Waals surface area (Å²) in [6.45, 7) is 2.09. The Balaban J connectivity index is 1.47. The molecule has 0 radical (unpaired) electrons. The number of rotatable bonds is 13. The van der Waals surface area contributed by atoms with Crippen molar-refractivity contribution >= 4 is 12.0 Å². The van der Waals surface area contributed by atoms with Crippen molar-refractivity contribution in [3.8, 4) is 11.1 Å². The number of fused-ring (bicyclic) bond motifs is 3. The van der Waals surface area contributed by atoms with E-state index in [0.29, 0.717) is 0 Å². The molecule has 0 saturated heterocycles. The van der Waals surface area contributed by atoms with Crippen LogP contribution in [0.1, 0.15) is 30.9 Å². The highest BCUT2D eigenvalue weighted by molar-refractivity contribution is 5.85. The zero-order valence-electron chi connectivity index (χ0n) is 20.5. The highest BCUT2D eigenvalue weighted by atomic mass is 16.6. The van der Waals surface area contributed by atoms with Gasteiger partial charge in [0.2, 0.25) is 5.91 Å². The monoisotopic (exact) mass is 502 g/mol. The van der Waals surface area contributed by atoms with E-state index in [2.05, 4.69) is 10.6 Å². The molecule has 1 aliphatic rings. The third kappa shape index (κ3) is 6.59. The summed E-state index contributed by atoms with van der Waals surface area (Å²) in [5.74, 6) is -0.722. The fourth-order valence-corrected chi connectivity index (χ4v) is 4.24. The first-order chi connectivity index (χ1) is 17.3. The van der Waals surface area contributed by atoms with Gasteiger partial charge in [0.1, 0.15) is 25.5 Å². The molecule has 2 atom stereocenters. The smallest absolute Gasteiger partial charge is 0.407 e. The van der Waals surface area contributed by atoms with Gasteiger partial charge in [-0.15, -0.1) is 0 Å². The number of carbonyl (C=O) groups excluding carboxylic acids is 2. The van der Waals surface area contributed by atoms with Crippen molar-refractivity contribution in [3.63, 3.8) is 0 Å². The number of aliphatic hydroxyl groups is 3. The van der Waals surface area contributed by atoms with E-state index in [4.69, 9.17) is 19.3 Å². The number of hydrogen-bond donors (Lipinski definition) is 5. The van der Waals surface area contributed by atoms with Gasteiger partial charge in [0.25, 0.3) is 0 Å². The van der Waals surface area contributed by atoms with Crippen molar-refractivity contribution in [1.82, 2.24) is 10.6 Å². The van der Waals surface area contributed by atoms with Gasteiger partial charge in [-0.25, -0.2) is 4.79 Å². The standard InChI is InChI=1S/C26H34N2O8/c1-26(2,23(14-30)35-16-31)36-12-11-27-24(32)22(13-29)28-25(33)34-15-21-19-9-5-3-7-17(19)18-8-4-6-10-20(18)21/h3-10,21-23,29-31H,11-16H2,1-2H3,(H,27,32)(H,28,33)/t22-,23?/m1/s1.